The van der Waals surface area contributed by atoms with E-state index in [0.717, 1.165) is 24.1 Å². The van der Waals surface area contributed by atoms with Crippen molar-refractivity contribution < 1.29 is 19.2 Å². The molecule has 2 aromatic rings. The molecule has 0 radical (unpaired) electrons. The molecule has 1 atom stereocenters. The highest BCUT2D eigenvalue weighted by Gasteiger charge is 2.32. The highest BCUT2D eigenvalue weighted by molar-refractivity contribution is 5.89. The molecule has 2 saturated heterocycles. The Kier molecular flexibility index (Phi) is 8.62. The SMILES string of the molecule is CNC(=O)Nc1ccc(-c2nc(C(C)C3CCN(C(=O)NC)CC3)c(ON)c(N3CCOCC3)n2)cc1. The van der Waals surface area contributed by atoms with Crippen LogP contribution < -0.4 is 31.6 Å². The van der Waals surface area contributed by atoms with Gasteiger partial charge in [0.2, 0.25) is 5.75 Å². The number of morpholine rings is 1. The molecule has 0 aliphatic carbocycles. The van der Waals surface area contributed by atoms with Crippen molar-refractivity contribution in [2.45, 2.75) is 25.7 Å². The van der Waals surface area contributed by atoms with Crippen LogP contribution in [0, 0.1) is 5.92 Å². The number of nitrogens with two attached hydrogens (primary N) is 1. The molecule has 0 saturated carbocycles. The minimum atomic E-state index is -0.290. The van der Waals surface area contributed by atoms with Gasteiger partial charge in [0.15, 0.2) is 11.6 Å². The number of benzene rings is 1. The zero-order valence-electron chi connectivity index (χ0n) is 21.6. The number of hydrogen-bond acceptors (Lipinski definition) is 8. The largest absolute Gasteiger partial charge is 0.406 e. The van der Waals surface area contributed by atoms with E-state index in [1.54, 1.807) is 14.1 Å². The number of carbonyl (C=O) groups excluding carboxylic acids is 2. The summed E-state index contributed by atoms with van der Waals surface area (Å²) in [6.45, 7) is 6.01. The number of carbonyl (C=O) groups is 2. The van der Waals surface area contributed by atoms with Crippen molar-refractivity contribution in [3.8, 4) is 17.1 Å². The summed E-state index contributed by atoms with van der Waals surface area (Å²) in [5.41, 5.74) is 2.22. The Bertz CT molecular complexity index is 1080. The van der Waals surface area contributed by atoms with Crippen LogP contribution in [0.1, 0.15) is 31.4 Å². The van der Waals surface area contributed by atoms with Crippen molar-refractivity contribution in [3.63, 3.8) is 0 Å². The van der Waals surface area contributed by atoms with E-state index in [1.807, 2.05) is 29.2 Å². The number of ether oxygens (including phenoxy) is 1. The fourth-order valence-electron chi connectivity index (χ4n) is 4.88. The molecule has 4 rings (SSSR count). The molecule has 1 aromatic heterocycles. The van der Waals surface area contributed by atoms with Gasteiger partial charge in [0.05, 0.1) is 18.9 Å². The molecule has 12 nitrogen and oxygen atoms in total. The summed E-state index contributed by atoms with van der Waals surface area (Å²) in [6.07, 6.45) is 1.70. The molecule has 1 unspecified atom stereocenters. The summed E-state index contributed by atoms with van der Waals surface area (Å²) in [4.78, 5) is 42.9. The van der Waals surface area contributed by atoms with Gasteiger partial charge < -0.3 is 35.3 Å². The molecule has 37 heavy (non-hydrogen) atoms. The van der Waals surface area contributed by atoms with E-state index in [4.69, 9.17) is 25.4 Å². The van der Waals surface area contributed by atoms with Gasteiger partial charge in [-0.3, -0.25) is 0 Å². The Hall–Kier alpha value is -3.64. The quantitative estimate of drug-likeness (QED) is 0.431. The molecular weight excluding hydrogens is 476 g/mol. The Morgan fingerprint density at radius 3 is 2.32 bits per heavy atom. The zero-order chi connectivity index (χ0) is 26.4. The molecule has 2 aliphatic heterocycles. The van der Waals surface area contributed by atoms with Crippen molar-refractivity contribution >= 4 is 23.6 Å². The third kappa shape index (κ3) is 6.03. The fourth-order valence-corrected chi connectivity index (χ4v) is 4.88. The minimum Gasteiger partial charge on any atom is -0.406 e. The van der Waals surface area contributed by atoms with E-state index >= 15 is 0 Å². The average molecular weight is 513 g/mol. The number of likely N-dealkylation sites (tertiary alicyclic amines) is 1. The Balaban J connectivity index is 1.68. The molecule has 0 spiro atoms. The van der Waals surface area contributed by atoms with Crippen LogP contribution in [0.15, 0.2) is 24.3 Å². The summed E-state index contributed by atoms with van der Waals surface area (Å²) in [6, 6.07) is 7.04. The first kappa shape index (κ1) is 26.4. The number of amides is 4. The second-order valence-corrected chi connectivity index (χ2v) is 9.25. The Morgan fingerprint density at radius 2 is 1.73 bits per heavy atom. The number of aromatic nitrogens is 2. The second kappa shape index (κ2) is 12.1. The van der Waals surface area contributed by atoms with Gasteiger partial charge in [-0.2, -0.15) is 5.90 Å². The number of anilines is 2. The van der Waals surface area contributed by atoms with Crippen molar-refractivity contribution in [2.75, 3.05) is 63.7 Å². The van der Waals surface area contributed by atoms with Crippen LogP contribution in [0.5, 0.6) is 5.75 Å². The van der Waals surface area contributed by atoms with Crippen LogP contribution in [-0.4, -0.2) is 80.4 Å². The van der Waals surface area contributed by atoms with Crippen LogP contribution in [0.4, 0.5) is 21.1 Å². The molecule has 0 bridgehead atoms. The second-order valence-electron chi connectivity index (χ2n) is 9.25. The molecule has 4 amide bonds. The number of urea groups is 2. The van der Waals surface area contributed by atoms with Gasteiger partial charge in [0, 0.05) is 57.4 Å². The number of piperidine rings is 1. The van der Waals surface area contributed by atoms with Crippen LogP contribution in [-0.2, 0) is 4.74 Å². The summed E-state index contributed by atoms with van der Waals surface area (Å²) < 4.78 is 5.54. The third-order valence-electron chi connectivity index (χ3n) is 7.11. The van der Waals surface area contributed by atoms with E-state index in [0.29, 0.717) is 68.4 Å². The van der Waals surface area contributed by atoms with Crippen molar-refractivity contribution in [3.05, 3.63) is 30.0 Å². The standard InChI is InChI=1S/C25H36N8O4/c1-16(17-8-10-33(11-9-17)25(35)28-3)20-21(37-26)23(32-12-14-36-15-13-32)31-22(30-20)18-4-6-19(7-5-18)29-24(34)27-2/h4-7,16-17H,8-15,26H2,1-3H3,(H,28,35)(H2,27,29,34). The van der Waals surface area contributed by atoms with E-state index in [1.165, 1.54) is 0 Å². The lowest BCUT2D eigenvalue weighted by molar-refractivity contribution is 0.122. The lowest BCUT2D eigenvalue weighted by Crippen LogP contribution is -2.44. The molecule has 3 heterocycles. The molecule has 2 aliphatic rings. The summed E-state index contributed by atoms with van der Waals surface area (Å²) in [5.74, 6) is 7.83. The van der Waals surface area contributed by atoms with E-state index in [-0.39, 0.29) is 18.0 Å². The highest BCUT2D eigenvalue weighted by Crippen LogP contribution is 2.41. The molecule has 2 fully saturated rings. The van der Waals surface area contributed by atoms with Crippen LogP contribution in [0.2, 0.25) is 0 Å². The Labute approximate surface area is 216 Å². The monoisotopic (exact) mass is 512 g/mol. The molecule has 5 N–H and O–H groups in total. The zero-order valence-corrected chi connectivity index (χ0v) is 21.6. The fraction of sp³-hybridized carbons (Fsp3) is 0.520. The van der Waals surface area contributed by atoms with E-state index in [2.05, 4.69) is 27.8 Å². The lowest BCUT2D eigenvalue weighted by atomic mass is 9.83. The highest BCUT2D eigenvalue weighted by atomic mass is 16.6. The third-order valence-corrected chi connectivity index (χ3v) is 7.11. The van der Waals surface area contributed by atoms with Gasteiger partial charge in [-0.25, -0.2) is 19.6 Å². The van der Waals surface area contributed by atoms with Crippen LogP contribution in [0.3, 0.4) is 0 Å². The first-order chi connectivity index (χ1) is 17.9. The number of nitrogens with zero attached hydrogens (tertiary/aromatic N) is 4. The maximum Gasteiger partial charge on any atom is 0.318 e. The molecule has 12 heteroatoms. The maximum absolute atomic E-state index is 12.1. The van der Waals surface area contributed by atoms with Crippen molar-refractivity contribution in [2.24, 2.45) is 11.8 Å². The van der Waals surface area contributed by atoms with Gasteiger partial charge in [-0.15, -0.1) is 0 Å². The van der Waals surface area contributed by atoms with Gasteiger partial charge >= 0.3 is 12.1 Å². The predicted octanol–water partition coefficient (Wildman–Crippen LogP) is 2.14. The summed E-state index contributed by atoms with van der Waals surface area (Å²) >= 11 is 0. The van der Waals surface area contributed by atoms with Gasteiger partial charge in [0.1, 0.15) is 0 Å². The first-order valence-corrected chi connectivity index (χ1v) is 12.6. The minimum absolute atomic E-state index is 0.0288. The molecule has 200 valence electrons. The van der Waals surface area contributed by atoms with Crippen molar-refractivity contribution in [1.29, 1.82) is 0 Å². The maximum atomic E-state index is 12.1. The smallest absolute Gasteiger partial charge is 0.318 e. The van der Waals surface area contributed by atoms with Crippen LogP contribution >= 0.6 is 0 Å². The number of rotatable bonds is 6. The lowest BCUT2D eigenvalue weighted by Gasteiger charge is -2.35. The summed E-state index contributed by atoms with van der Waals surface area (Å²) in [5, 5.41) is 8.00. The topological polar surface area (TPSA) is 147 Å². The number of nitrogens with one attached hydrogen (secondary N) is 3. The predicted molar refractivity (Wildman–Crippen MR) is 141 cm³/mol. The summed E-state index contributed by atoms with van der Waals surface area (Å²) in [7, 11) is 3.22. The van der Waals surface area contributed by atoms with Gasteiger partial charge in [0.25, 0.3) is 0 Å². The Morgan fingerprint density at radius 1 is 1.05 bits per heavy atom. The van der Waals surface area contributed by atoms with E-state index < -0.39 is 0 Å². The molecule has 1 aromatic carbocycles. The van der Waals surface area contributed by atoms with E-state index in [9.17, 15) is 9.59 Å². The number of hydrogen-bond donors (Lipinski definition) is 4. The first-order valence-electron chi connectivity index (χ1n) is 12.6. The van der Waals surface area contributed by atoms with Gasteiger partial charge in [-0.05, 0) is 43.0 Å². The van der Waals surface area contributed by atoms with Crippen LogP contribution in [0.25, 0.3) is 11.4 Å². The van der Waals surface area contributed by atoms with Crippen molar-refractivity contribution in [1.82, 2.24) is 25.5 Å². The molecular formula is C25H36N8O4. The normalized spacial score (nSPS) is 17.2. The van der Waals surface area contributed by atoms with Gasteiger partial charge in [-0.1, -0.05) is 6.92 Å². The average Bonchev–Trinajstić information content (AvgIpc) is 2.96.